The van der Waals surface area contributed by atoms with Gasteiger partial charge in [0, 0.05) is 16.5 Å². The van der Waals surface area contributed by atoms with Gasteiger partial charge in [0.15, 0.2) is 5.76 Å². The maximum absolute atomic E-state index is 13.1. The second-order valence-electron chi connectivity index (χ2n) is 6.43. The predicted octanol–water partition coefficient (Wildman–Crippen LogP) is 5.53. The highest BCUT2D eigenvalue weighted by molar-refractivity contribution is 6.14. The summed E-state index contributed by atoms with van der Waals surface area (Å²) in [4.78, 5) is 24.1. The lowest BCUT2D eigenvalue weighted by Crippen LogP contribution is -1.98. The van der Waals surface area contributed by atoms with E-state index in [0.29, 0.717) is 22.5 Å². The number of aldehydes is 1. The van der Waals surface area contributed by atoms with E-state index in [1.54, 1.807) is 24.3 Å². The van der Waals surface area contributed by atoms with Crippen molar-refractivity contribution >= 4 is 23.0 Å². The molecule has 0 radical (unpaired) electrons. The van der Waals surface area contributed by atoms with Gasteiger partial charge in [-0.3, -0.25) is 9.59 Å². The molecule has 4 rings (SSSR count). The van der Waals surface area contributed by atoms with Gasteiger partial charge in [-0.15, -0.1) is 0 Å². The monoisotopic (exact) mass is 342 g/mol. The van der Waals surface area contributed by atoms with Crippen LogP contribution in [0.4, 0.5) is 0 Å². The standard InChI is InChI=1S/C23H18O3/c1-2-6-16-12-20(19-8-5-3-4-7-18(16)19)23(25)22-13-17-11-15(14-24)9-10-21(17)26-22/h3-5,7-14H,2,6H2,1H3. The van der Waals surface area contributed by atoms with E-state index in [4.69, 9.17) is 4.42 Å². The van der Waals surface area contributed by atoms with E-state index in [9.17, 15) is 9.59 Å². The van der Waals surface area contributed by atoms with E-state index in [-0.39, 0.29) is 5.78 Å². The fraction of sp³-hybridized carbons (Fsp3) is 0.130. The molecule has 0 saturated heterocycles. The molecule has 0 spiro atoms. The summed E-state index contributed by atoms with van der Waals surface area (Å²) in [6.45, 7) is 2.13. The summed E-state index contributed by atoms with van der Waals surface area (Å²) in [5.74, 6) is 0.164. The minimum absolute atomic E-state index is 0.132. The summed E-state index contributed by atoms with van der Waals surface area (Å²) in [6, 6.07) is 18.8. The third kappa shape index (κ3) is 2.72. The first kappa shape index (κ1) is 16.3. The molecule has 2 aliphatic carbocycles. The molecule has 0 N–H and O–H groups in total. The number of ketones is 1. The Labute approximate surface area is 151 Å². The van der Waals surface area contributed by atoms with Gasteiger partial charge in [-0.2, -0.15) is 0 Å². The van der Waals surface area contributed by atoms with Crippen LogP contribution in [0.15, 0.2) is 65.1 Å². The molecule has 26 heavy (non-hydrogen) atoms. The Hall–Kier alpha value is -3.20. The van der Waals surface area contributed by atoms with E-state index in [1.165, 1.54) is 5.56 Å². The summed E-state index contributed by atoms with van der Waals surface area (Å²) in [5.41, 5.74) is 5.07. The highest BCUT2D eigenvalue weighted by Crippen LogP contribution is 2.35. The molecule has 1 aromatic carbocycles. The maximum atomic E-state index is 13.1. The number of hydrogen-bond donors (Lipinski definition) is 0. The van der Waals surface area contributed by atoms with Crippen LogP contribution >= 0.6 is 0 Å². The lowest BCUT2D eigenvalue weighted by Gasteiger charge is -2.00. The largest absolute Gasteiger partial charge is 0.453 e. The average Bonchev–Trinajstić information content (AvgIpc) is 3.13. The van der Waals surface area contributed by atoms with Crippen molar-refractivity contribution in [2.75, 3.05) is 0 Å². The summed E-state index contributed by atoms with van der Waals surface area (Å²) in [6.07, 6.45) is 2.73. The number of furan rings is 1. The molecule has 0 amide bonds. The summed E-state index contributed by atoms with van der Waals surface area (Å²) in [5, 5.41) is 0.758. The molecule has 0 atom stereocenters. The Kier molecular flexibility index (Phi) is 4.13. The second-order valence-corrected chi connectivity index (χ2v) is 6.43. The minimum Gasteiger partial charge on any atom is -0.453 e. The Morgan fingerprint density at radius 1 is 1.00 bits per heavy atom. The summed E-state index contributed by atoms with van der Waals surface area (Å²) in [7, 11) is 0. The van der Waals surface area contributed by atoms with Crippen LogP contribution < -0.4 is 0 Å². The fourth-order valence-electron chi connectivity index (χ4n) is 3.44. The van der Waals surface area contributed by atoms with Crippen molar-refractivity contribution in [2.45, 2.75) is 19.8 Å². The molecule has 3 heteroatoms. The van der Waals surface area contributed by atoms with E-state index in [1.807, 2.05) is 30.3 Å². The molecule has 0 fully saturated rings. The number of aryl methyl sites for hydroxylation is 1. The number of carbonyl (C=O) groups excluding carboxylic acids is 2. The normalized spacial score (nSPS) is 11.1. The zero-order valence-corrected chi connectivity index (χ0v) is 14.5. The van der Waals surface area contributed by atoms with Gasteiger partial charge in [-0.25, -0.2) is 0 Å². The molecule has 0 unspecified atom stereocenters. The first-order valence-corrected chi connectivity index (χ1v) is 8.75. The molecule has 128 valence electrons. The first-order valence-electron chi connectivity index (χ1n) is 8.75. The molecule has 3 nitrogen and oxygen atoms in total. The van der Waals surface area contributed by atoms with Gasteiger partial charge in [-0.05, 0) is 53.4 Å². The van der Waals surface area contributed by atoms with Gasteiger partial charge < -0.3 is 4.42 Å². The molecule has 0 saturated carbocycles. The van der Waals surface area contributed by atoms with Crippen molar-refractivity contribution in [2.24, 2.45) is 0 Å². The highest BCUT2D eigenvalue weighted by atomic mass is 16.3. The molecule has 0 aliphatic heterocycles. The van der Waals surface area contributed by atoms with Crippen LogP contribution in [0.5, 0.6) is 0 Å². The number of hydrogen-bond acceptors (Lipinski definition) is 3. The van der Waals surface area contributed by atoms with Gasteiger partial charge in [0.1, 0.15) is 11.9 Å². The molecular weight excluding hydrogens is 324 g/mol. The SMILES string of the molecule is CCCc1cc(C(=O)c2cc3cc(C=O)ccc3o2)c2cccccc1-2. The molecule has 2 aliphatic rings. The zero-order chi connectivity index (χ0) is 18.1. The molecule has 2 aromatic rings. The molecule has 1 heterocycles. The quantitative estimate of drug-likeness (QED) is 0.354. The van der Waals surface area contributed by atoms with Crippen LogP contribution in [-0.4, -0.2) is 12.1 Å². The Morgan fingerprint density at radius 3 is 2.58 bits per heavy atom. The number of carbonyl (C=O) groups is 2. The van der Waals surface area contributed by atoms with E-state index in [2.05, 4.69) is 13.0 Å². The Bertz CT molecular complexity index is 1090. The van der Waals surface area contributed by atoms with Crippen molar-refractivity contribution in [1.29, 1.82) is 0 Å². The van der Waals surface area contributed by atoms with Gasteiger partial charge in [0.05, 0.1) is 0 Å². The van der Waals surface area contributed by atoms with Crippen LogP contribution in [0.3, 0.4) is 0 Å². The number of benzene rings is 1. The first-order chi connectivity index (χ1) is 12.7. The van der Waals surface area contributed by atoms with Crippen LogP contribution in [0.1, 0.15) is 45.4 Å². The van der Waals surface area contributed by atoms with E-state index < -0.39 is 0 Å². The van der Waals surface area contributed by atoms with E-state index >= 15 is 0 Å². The second kappa shape index (κ2) is 6.60. The third-order valence-corrected chi connectivity index (χ3v) is 4.66. The third-order valence-electron chi connectivity index (χ3n) is 4.66. The predicted molar refractivity (Wildman–Crippen MR) is 102 cm³/mol. The smallest absolute Gasteiger partial charge is 0.228 e. The van der Waals surface area contributed by atoms with Gasteiger partial charge in [0.2, 0.25) is 5.78 Å². The minimum atomic E-state index is -0.132. The van der Waals surface area contributed by atoms with Crippen molar-refractivity contribution in [1.82, 2.24) is 0 Å². The number of rotatable bonds is 5. The van der Waals surface area contributed by atoms with Crippen molar-refractivity contribution < 1.29 is 14.0 Å². The average molecular weight is 342 g/mol. The van der Waals surface area contributed by atoms with Crippen LogP contribution in [0.2, 0.25) is 0 Å². The summed E-state index contributed by atoms with van der Waals surface area (Å²) < 4.78 is 5.76. The van der Waals surface area contributed by atoms with Crippen molar-refractivity contribution in [3.8, 4) is 11.1 Å². The van der Waals surface area contributed by atoms with Gasteiger partial charge in [-0.1, -0.05) is 43.7 Å². The Morgan fingerprint density at radius 2 is 1.81 bits per heavy atom. The van der Waals surface area contributed by atoms with Crippen molar-refractivity contribution in [3.05, 3.63) is 83.1 Å². The van der Waals surface area contributed by atoms with E-state index in [0.717, 1.165) is 35.6 Å². The van der Waals surface area contributed by atoms with Crippen molar-refractivity contribution in [3.63, 3.8) is 0 Å². The maximum Gasteiger partial charge on any atom is 0.228 e. The lowest BCUT2D eigenvalue weighted by atomic mass is 10.0. The van der Waals surface area contributed by atoms with Gasteiger partial charge in [0.25, 0.3) is 0 Å². The fourth-order valence-corrected chi connectivity index (χ4v) is 3.44. The Balaban J connectivity index is 1.83. The lowest BCUT2D eigenvalue weighted by molar-refractivity contribution is 0.101. The van der Waals surface area contributed by atoms with Crippen LogP contribution in [-0.2, 0) is 6.42 Å². The number of fused-ring (bicyclic) bond motifs is 2. The molecule has 1 aromatic heterocycles. The summed E-state index contributed by atoms with van der Waals surface area (Å²) >= 11 is 0. The van der Waals surface area contributed by atoms with Gasteiger partial charge >= 0.3 is 0 Å². The topological polar surface area (TPSA) is 47.3 Å². The van der Waals surface area contributed by atoms with Crippen LogP contribution in [0, 0.1) is 0 Å². The zero-order valence-electron chi connectivity index (χ0n) is 14.5. The molecule has 0 bridgehead atoms. The highest BCUT2D eigenvalue weighted by Gasteiger charge is 2.23. The molecular formula is C23H18O3. The van der Waals surface area contributed by atoms with Crippen LogP contribution in [0.25, 0.3) is 22.1 Å².